The largest absolute Gasteiger partial charge is 0.502 e. The maximum atomic E-state index is 11.7. The zero-order chi connectivity index (χ0) is 14.4. The van der Waals surface area contributed by atoms with Crippen LogP contribution in [0.1, 0.15) is 20.7 Å². The molecule has 0 aliphatic rings. The summed E-state index contributed by atoms with van der Waals surface area (Å²) in [7, 11) is 0. The summed E-state index contributed by atoms with van der Waals surface area (Å²) in [4.78, 5) is 32.9. The van der Waals surface area contributed by atoms with Crippen molar-refractivity contribution in [3.8, 4) is 0 Å². The summed E-state index contributed by atoms with van der Waals surface area (Å²) >= 11 is 0. The van der Waals surface area contributed by atoms with Crippen LogP contribution in [0.15, 0.2) is 48.3 Å². The van der Waals surface area contributed by atoms with Crippen molar-refractivity contribution in [2.24, 2.45) is 0 Å². The van der Waals surface area contributed by atoms with E-state index in [1.807, 2.05) is 0 Å². The van der Waals surface area contributed by atoms with Crippen LogP contribution in [-0.2, 0) is 4.79 Å². The SMILES string of the molecule is O=C(O)/C(O)=C\C=C/C(=O)c1ccccc1C(=O)O. The normalized spacial score (nSPS) is 11.5. The lowest BCUT2D eigenvalue weighted by Crippen LogP contribution is -2.06. The highest BCUT2D eigenvalue weighted by atomic mass is 16.4. The third-order valence-electron chi connectivity index (χ3n) is 2.14. The molecular weight excluding hydrogens is 252 g/mol. The first kappa shape index (κ1) is 14.2. The molecule has 0 unspecified atom stereocenters. The highest BCUT2D eigenvalue weighted by Gasteiger charge is 2.13. The van der Waals surface area contributed by atoms with E-state index in [0.717, 1.165) is 18.2 Å². The van der Waals surface area contributed by atoms with Gasteiger partial charge >= 0.3 is 11.9 Å². The van der Waals surface area contributed by atoms with Gasteiger partial charge in [0.25, 0.3) is 0 Å². The first-order valence-electron chi connectivity index (χ1n) is 5.10. The van der Waals surface area contributed by atoms with Crippen LogP contribution < -0.4 is 0 Å². The summed E-state index contributed by atoms with van der Waals surface area (Å²) in [6.07, 6.45) is 2.83. The minimum atomic E-state index is -1.52. The number of aliphatic hydroxyl groups is 1. The van der Waals surface area contributed by atoms with Gasteiger partial charge in [0.2, 0.25) is 5.76 Å². The van der Waals surface area contributed by atoms with E-state index >= 15 is 0 Å². The molecule has 1 aromatic carbocycles. The molecule has 3 N–H and O–H groups in total. The van der Waals surface area contributed by atoms with Crippen LogP contribution in [0.5, 0.6) is 0 Å². The Morgan fingerprint density at radius 2 is 1.53 bits per heavy atom. The number of carbonyl (C=O) groups is 3. The molecule has 0 atom stereocenters. The van der Waals surface area contributed by atoms with Crippen LogP contribution >= 0.6 is 0 Å². The summed E-state index contributed by atoms with van der Waals surface area (Å²) < 4.78 is 0. The zero-order valence-electron chi connectivity index (χ0n) is 9.61. The number of hydrogen-bond acceptors (Lipinski definition) is 4. The molecule has 0 aromatic heterocycles. The third kappa shape index (κ3) is 3.81. The molecule has 1 rings (SSSR count). The first-order valence-corrected chi connectivity index (χ1v) is 5.10. The van der Waals surface area contributed by atoms with E-state index in [1.165, 1.54) is 24.3 Å². The Morgan fingerprint density at radius 1 is 0.947 bits per heavy atom. The van der Waals surface area contributed by atoms with Crippen molar-refractivity contribution in [3.63, 3.8) is 0 Å². The highest BCUT2D eigenvalue weighted by molar-refractivity contribution is 6.11. The molecule has 0 aliphatic heterocycles. The van der Waals surface area contributed by atoms with E-state index < -0.39 is 23.5 Å². The summed E-state index contributed by atoms with van der Waals surface area (Å²) in [5, 5.41) is 26.1. The van der Waals surface area contributed by atoms with E-state index in [9.17, 15) is 14.4 Å². The predicted octanol–water partition coefficient (Wildman–Crippen LogP) is 1.65. The number of carboxylic acid groups (broad SMARTS) is 2. The van der Waals surface area contributed by atoms with Crippen LogP contribution in [0.25, 0.3) is 0 Å². The Kier molecular flexibility index (Phi) is 4.59. The summed E-state index contributed by atoms with van der Waals surface area (Å²) in [6, 6.07) is 5.63. The minimum Gasteiger partial charge on any atom is -0.502 e. The van der Waals surface area contributed by atoms with Gasteiger partial charge < -0.3 is 15.3 Å². The Bertz CT molecular complexity index is 583. The zero-order valence-corrected chi connectivity index (χ0v) is 9.61. The number of rotatable bonds is 5. The Morgan fingerprint density at radius 3 is 2.05 bits per heavy atom. The second-order valence-corrected chi connectivity index (χ2v) is 3.43. The van der Waals surface area contributed by atoms with Gasteiger partial charge in [-0.05, 0) is 18.2 Å². The second-order valence-electron chi connectivity index (χ2n) is 3.43. The van der Waals surface area contributed by atoms with E-state index in [0.29, 0.717) is 0 Å². The fraction of sp³-hybridized carbons (Fsp3) is 0. The molecule has 98 valence electrons. The molecule has 0 bridgehead atoms. The number of carboxylic acids is 2. The van der Waals surface area contributed by atoms with Crippen LogP contribution in [0.4, 0.5) is 0 Å². The molecule has 0 spiro atoms. The Labute approximate surface area is 107 Å². The van der Waals surface area contributed by atoms with Gasteiger partial charge in [-0.15, -0.1) is 0 Å². The molecule has 0 saturated heterocycles. The first-order chi connectivity index (χ1) is 8.93. The number of aliphatic carboxylic acids is 1. The van der Waals surface area contributed by atoms with Crippen LogP contribution in [0, 0.1) is 0 Å². The van der Waals surface area contributed by atoms with E-state index in [1.54, 1.807) is 0 Å². The fourth-order valence-corrected chi connectivity index (χ4v) is 1.27. The monoisotopic (exact) mass is 262 g/mol. The number of benzene rings is 1. The van der Waals surface area contributed by atoms with Gasteiger partial charge in [0, 0.05) is 5.56 Å². The van der Waals surface area contributed by atoms with Crippen LogP contribution in [-0.4, -0.2) is 33.0 Å². The summed E-state index contributed by atoms with van der Waals surface area (Å²) in [5.41, 5.74) is -0.168. The predicted molar refractivity (Wildman–Crippen MR) is 65.2 cm³/mol. The van der Waals surface area contributed by atoms with E-state index in [2.05, 4.69) is 0 Å². The molecule has 0 amide bonds. The lowest BCUT2D eigenvalue weighted by molar-refractivity contribution is -0.135. The van der Waals surface area contributed by atoms with Gasteiger partial charge in [0.1, 0.15) is 0 Å². The molecule has 19 heavy (non-hydrogen) atoms. The van der Waals surface area contributed by atoms with Crippen LogP contribution in [0.3, 0.4) is 0 Å². The summed E-state index contributed by atoms with van der Waals surface area (Å²) in [5.74, 6) is -4.28. The topological polar surface area (TPSA) is 112 Å². The van der Waals surface area contributed by atoms with Crippen molar-refractivity contribution >= 4 is 17.7 Å². The van der Waals surface area contributed by atoms with Gasteiger partial charge in [-0.1, -0.05) is 24.3 Å². The number of hydrogen-bond donors (Lipinski definition) is 3. The molecule has 0 fully saturated rings. The lowest BCUT2D eigenvalue weighted by Gasteiger charge is -2.00. The number of carbonyl (C=O) groups excluding carboxylic acids is 1. The molecule has 0 radical (unpaired) electrons. The average Bonchev–Trinajstić information content (AvgIpc) is 2.38. The number of ketones is 1. The molecule has 1 aromatic rings. The van der Waals surface area contributed by atoms with Crippen LogP contribution in [0.2, 0.25) is 0 Å². The minimum absolute atomic E-state index is 0.0190. The van der Waals surface area contributed by atoms with Gasteiger partial charge in [0.05, 0.1) is 5.56 Å². The molecule has 6 heteroatoms. The van der Waals surface area contributed by atoms with Crippen molar-refractivity contribution in [1.82, 2.24) is 0 Å². The second kappa shape index (κ2) is 6.15. The van der Waals surface area contributed by atoms with E-state index in [4.69, 9.17) is 15.3 Å². The standard InChI is InChI=1S/C13H10O6/c14-10(6-3-7-11(15)13(18)19)8-4-1-2-5-9(8)12(16)17/h1-7,15H,(H,16,17)(H,18,19)/b6-3-,11-7+. The Hall–Kier alpha value is -2.89. The van der Waals surface area contributed by atoms with Crippen molar-refractivity contribution < 1.29 is 29.7 Å². The van der Waals surface area contributed by atoms with Crippen molar-refractivity contribution in [2.75, 3.05) is 0 Å². The van der Waals surface area contributed by atoms with Gasteiger partial charge in [-0.25, -0.2) is 9.59 Å². The van der Waals surface area contributed by atoms with Gasteiger partial charge in [-0.2, -0.15) is 0 Å². The highest BCUT2D eigenvalue weighted by Crippen LogP contribution is 2.10. The quantitative estimate of drug-likeness (QED) is 0.322. The summed E-state index contributed by atoms with van der Waals surface area (Å²) in [6.45, 7) is 0. The lowest BCUT2D eigenvalue weighted by atomic mass is 10.0. The molecule has 0 aliphatic carbocycles. The van der Waals surface area contributed by atoms with Gasteiger partial charge in [0.15, 0.2) is 5.78 Å². The van der Waals surface area contributed by atoms with Crippen molar-refractivity contribution in [3.05, 3.63) is 59.4 Å². The number of aromatic carboxylic acids is 1. The average molecular weight is 262 g/mol. The molecule has 0 saturated carbocycles. The molecular formula is C13H10O6. The maximum absolute atomic E-state index is 11.7. The number of allylic oxidation sites excluding steroid dienone is 3. The van der Waals surface area contributed by atoms with Crippen molar-refractivity contribution in [1.29, 1.82) is 0 Å². The smallest absolute Gasteiger partial charge is 0.370 e. The molecule has 6 nitrogen and oxygen atoms in total. The molecule has 0 heterocycles. The fourth-order valence-electron chi connectivity index (χ4n) is 1.27. The Balaban J connectivity index is 2.97. The van der Waals surface area contributed by atoms with E-state index in [-0.39, 0.29) is 11.1 Å². The van der Waals surface area contributed by atoms with Crippen molar-refractivity contribution in [2.45, 2.75) is 0 Å². The maximum Gasteiger partial charge on any atom is 0.370 e. The number of aliphatic hydroxyl groups excluding tert-OH is 1. The third-order valence-corrected chi connectivity index (χ3v) is 2.14. The van der Waals surface area contributed by atoms with Gasteiger partial charge in [-0.3, -0.25) is 4.79 Å².